The molecule has 4 heteroatoms. The molecule has 1 atom stereocenters. The van der Waals surface area contributed by atoms with Gasteiger partial charge in [0.2, 0.25) is 0 Å². The highest BCUT2D eigenvalue weighted by Crippen LogP contribution is 2.02. The normalized spacial score (nSPS) is 17.7. The summed E-state index contributed by atoms with van der Waals surface area (Å²) in [5, 5.41) is 8.39. The molecule has 0 bridgehead atoms. The molecule has 9 heavy (non-hydrogen) atoms. The van der Waals surface area contributed by atoms with Crippen molar-refractivity contribution in [2.24, 2.45) is 5.73 Å². The summed E-state index contributed by atoms with van der Waals surface area (Å²) in [4.78, 5) is 10.2. The standard InChI is InChI=1S/C5H8INO2/c1-5(7,2-3-6)4(8)9/h2-3H,7H2,1H3,(H,8,9)/b3-2+/t5-/m1/s1. The van der Waals surface area contributed by atoms with E-state index in [-0.39, 0.29) is 0 Å². The van der Waals surface area contributed by atoms with Gasteiger partial charge in [-0.25, -0.2) is 4.79 Å². The highest BCUT2D eigenvalue weighted by molar-refractivity contribution is 14.1. The summed E-state index contributed by atoms with van der Waals surface area (Å²) in [6.07, 6.45) is 1.43. The molecule has 0 aliphatic heterocycles. The van der Waals surface area contributed by atoms with Crippen molar-refractivity contribution in [3.8, 4) is 0 Å². The highest BCUT2D eigenvalue weighted by atomic mass is 127. The van der Waals surface area contributed by atoms with Gasteiger partial charge in [0, 0.05) is 0 Å². The Morgan fingerprint density at radius 1 is 1.89 bits per heavy atom. The second-order valence-electron chi connectivity index (χ2n) is 1.88. The van der Waals surface area contributed by atoms with Gasteiger partial charge in [-0.15, -0.1) is 0 Å². The van der Waals surface area contributed by atoms with E-state index in [1.165, 1.54) is 13.0 Å². The summed E-state index contributed by atoms with van der Waals surface area (Å²) < 4.78 is 1.59. The van der Waals surface area contributed by atoms with Gasteiger partial charge in [-0.05, 0) is 17.1 Å². The van der Waals surface area contributed by atoms with Crippen molar-refractivity contribution in [2.45, 2.75) is 12.5 Å². The van der Waals surface area contributed by atoms with Gasteiger partial charge in [-0.2, -0.15) is 0 Å². The van der Waals surface area contributed by atoms with Crippen LogP contribution in [0.5, 0.6) is 0 Å². The SMILES string of the molecule is C[C@@](N)(/C=C/I)C(=O)O. The number of carboxylic acids is 1. The second-order valence-corrected chi connectivity index (χ2v) is 2.60. The first kappa shape index (κ1) is 8.90. The van der Waals surface area contributed by atoms with Crippen LogP contribution in [0, 0.1) is 0 Å². The zero-order valence-corrected chi connectivity index (χ0v) is 7.12. The Balaban J connectivity index is 4.19. The molecule has 3 nitrogen and oxygen atoms in total. The smallest absolute Gasteiger partial charge is 0.327 e. The third-order valence-corrected chi connectivity index (χ3v) is 1.23. The van der Waals surface area contributed by atoms with Gasteiger partial charge in [-0.3, -0.25) is 0 Å². The lowest BCUT2D eigenvalue weighted by atomic mass is 10.1. The van der Waals surface area contributed by atoms with E-state index >= 15 is 0 Å². The van der Waals surface area contributed by atoms with Crippen molar-refractivity contribution >= 4 is 28.6 Å². The largest absolute Gasteiger partial charge is 0.480 e. The van der Waals surface area contributed by atoms with Crippen LogP contribution in [0.25, 0.3) is 0 Å². The van der Waals surface area contributed by atoms with Crippen LogP contribution in [-0.2, 0) is 4.79 Å². The Hall–Kier alpha value is -0.100. The van der Waals surface area contributed by atoms with Crippen molar-refractivity contribution < 1.29 is 9.90 Å². The van der Waals surface area contributed by atoms with Crippen LogP contribution < -0.4 is 5.73 Å². The predicted octanol–water partition coefficient (Wildman–Crippen LogP) is 0.737. The maximum absolute atomic E-state index is 10.2. The van der Waals surface area contributed by atoms with Crippen LogP contribution in [0.15, 0.2) is 10.2 Å². The fourth-order valence-electron chi connectivity index (χ4n) is 0.202. The third kappa shape index (κ3) is 2.81. The second kappa shape index (κ2) is 3.17. The number of carboxylic acid groups (broad SMARTS) is 1. The number of hydrogen-bond donors (Lipinski definition) is 2. The lowest BCUT2D eigenvalue weighted by Crippen LogP contribution is -2.42. The van der Waals surface area contributed by atoms with Crippen LogP contribution in [-0.4, -0.2) is 16.6 Å². The van der Waals surface area contributed by atoms with Gasteiger partial charge in [0.05, 0.1) is 0 Å². The monoisotopic (exact) mass is 241 g/mol. The first-order valence-corrected chi connectivity index (χ1v) is 3.55. The van der Waals surface area contributed by atoms with Gasteiger partial charge >= 0.3 is 5.97 Å². The van der Waals surface area contributed by atoms with Crippen LogP contribution in [0.3, 0.4) is 0 Å². The molecule has 0 spiro atoms. The molecule has 0 rings (SSSR count). The Morgan fingerprint density at radius 2 is 2.33 bits per heavy atom. The highest BCUT2D eigenvalue weighted by Gasteiger charge is 2.23. The molecule has 0 fully saturated rings. The lowest BCUT2D eigenvalue weighted by molar-refractivity contribution is -0.140. The number of carbonyl (C=O) groups is 1. The molecule has 0 aliphatic carbocycles. The first-order chi connectivity index (χ1) is 4.00. The van der Waals surface area contributed by atoms with E-state index in [9.17, 15) is 4.79 Å². The van der Waals surface area contributed by atoms with E-state index in [0.717, 1.165) is 0 Å². The van der Waals surface area contributed by atoms with Crippen molar-refractivity contribution in [1.29, 1.82) is 0 Å². The summed E-state index contributed by atoms with van der Waals surface area (Å²) in [7, 11) is 0. The molecule has 52 valence electrons. The van der Waals surface area contributed by atoms with Gasteiger partial charge in [0.1, 0.15) is 5.54 Å². The topological polar surface area (TPSA) is 63.3 Å². The Bertz CT molecular complexity index is 142. The molecular formula is C5H8INO2. The van der Waals surface area contributed by atoms with Crippen molar-refractivity contribution in [3.63, 3.8) is 0 Å². The Morgan fingerprint density at radius 3 is 2.44 bits per heavy atom. The zero-order chi connectivity index (χ0) is 7.49. The van der Waals surface area contributed by atoms with Crippen molar-refractivity contribution in [3.05, 3.63) is 10.2 Å². The maximum Gasteiger partial charge on any atom is 0.327 e. The molecule has 0 aromatic heterocycles. The zero-order valence-electron chi connectivity index (χ0n) is 4.97. The molecule has 0 amide bonds. The molecule has 0 saturated carbocycles. The minimum Gasteiger partial charge on any atom is -0.480 e. The fraction of sp³-hybridized carbons (Fsp3) is 0.400. The average molecular weight is 241 g/mol. The Kier molecular flexibility index (Phi) is 3.13. The Labute approximate surface area is 67.1 Å². The van der Waals surface area contributed by atoms with E-state index in [4.69, 9.17) is 10.8 Å². The molecule has 0 unspecified atom stereocenters. The van der Waals surface area contributed by atoms with E-state index in [1.807, 2.05) is 22.6 Å². The summed E-state index contributed by atoms with van der Waals surface area (Å²) >= 11 is 1.92. The van der Waals surface area contributed by atoms with E-state index < -0.39 is 11.5 Å². The van der Waals surface area contributed by atoms with Crippen LogP contribution >= 0.6 is 22.6 Å². The van der Waals surface area contributed by atoms with Gasteiger partial charge in [-0.1, -0.05) is 22.6 Å². The number of halogens is 1. The van der Waals surface area contributed by atoms with Gasteiger partial charge in [0.15, 0.2) is 0 Å². The molecule has 0 saturated heterocycles. The van der Waals surface area contributed by atoms with Crippen LogP contribution in [0.4, 0.5) is 0 Å². The summed E-state index contributed by atoms with van der Waals surface area (Å²) in [5.74, 6) is -1.02. The number of aliphatic carboxylic acids is 1. The fourth-order valence-corrected chi connectivity index (χ4v) is 0.949. The number of rotatable bonds is 2. The van der Waals surface area contributed by atoms with Crippen LogP contribution in [0.2, 0.25) is 0 Å². The molecular weight excluding hydrogens is 233 g/mol. The van der Waals surface area contributed by atoms with Gasteiger partial charge < -0.3 is 10.8 Å². The lowest BCUT2D eigenvalue weighted by Gasteiger charge is -2.11. The third-order valence-electron chi connectivity index (χ3n) is 0.870. The van der Waals surface area contributed by atoms with E-state index in [2.05, 4.69) is 0 Å². The van der Waals surface area contributed by atoms with Gasteiger partial charge in [0.25, 0.3) is 0 Å². The average Bonchev–Trinajstić information content (AvgIpc) is 1.65. The summed E-state index contributed by atoms with van der Waals surface area (Å²) in [6.45, 7) is 1.44. The quantitative estimate of drug-likeness (QED) is 0.700. The first-order valence-electron chi connectivity index (χ1n) is 2.31. The predicted molar refractivity (Wildman–Crippen MR) is 43.4 cm³/mol. The number of nitrogens with two attached hydrogens (primary N) is 1. The summed E-state index contributed by atoms with van der Waals surface area (Å²) in [6, 6.07) is 0. The van der Waals surface area contributed by atoms with E-state index in [1.54, 1.807) is 4.08 Å². The minimum absolute atomic E-state index is 1.02. The van der Waals surface area contributed by atoms with Crippen LogP contribution in [0.1, 0.15) is 6.92 Å². The minimum atomic E-state index is -1.22. The van der Waals surface area contributed by atoms with Crippen molar-refractivity contribution in [1.82, 2.24) is 0 Å². The molecule has 0 radical (unpaired) electrons. The molecule has 0 aliphatic rings. The number of hydrogen-bond acceptors (Lipinski definition) is 2. The summed E-state index contributed by atoms with van der Waals surface area (Å²) in [5.41, 5.74) is 4.06. The molecule has 3 N–H and O–H groups in total. The van der Waals surface area contributed by atoms with Crippen molar-refractivity contribution in [2.75, 3.05) is 0 Å². The maximum atomic E-state index is 10.2. The molecule has 0 aromatic rings. The molecule has 0 heterocycles. The molecule has 0 aromatic carbocycles. The van der Waals surface area contributed by atoms with E-state index in [0.29, 0.717) is 0 Å².